The second-order valence-corrected chi connectivity index (χ2v) is 3.85. The molecule has 0 heterocycles. The maximum absolute atomic E-state index is 5.41. The standard InChI is InChI=1S/C14H19N/c1-12-8-9-14(11-13(12)2)7-5-3-4-6-10-15/h8-9,11H,3-4,6,10,15H2,1-2H3. The van der Waals surface area contributed by atoms with Crippen LogP contribution in [0.4, 0.5) is 0 Å². The van der Waals surface area contributed by atoms with Crippen LogP contribution in [0.3, 0.4) is 0 Å². The fraction of sp³-hybridized carbons (Fsp3) is 0.429. The van der Waals surface area contributed by atoms with Gasteiger partial charge < -0.3 is 5.73 Å². The van der Waals surface area contributed by atoms with Crippen LogP contribution in [0.2, 0.25) is 0 Å². The number of rotatable bonds is 3. The lowest BCUT2D eigenvalue weighted by molar-refractivity contribution is 0.768. The van der Waals surface area contributed by atoms with Gasteiger partial charge >= 0.3 is 0 Å². The lowest BCUT2D eigenvalue weighted by Gasteiger charge is -1.98. The first-order valence-electron chi connectivity index (χ1n) is 5.50. The van der Waals surface area contributed by atoms with Gasteiger partial charge in [-0.15, -0.1) is 0 Å². The molecule has 1 aromatic carbocycles. The molecule has 15 heavy (non-hydrogen) atoms. The van der Waals surface area contributed by atoms with Gasteiger partial charge in [-0.25, -0.2) is 0 Å². The van der Waals surface area contributed by atoms with E-state index >= 15 is 0 Å². The Labute approximate surface area is 92.7 Å². The summed E-state index contributed by atoms with van der Waals surface area (Å²) in [5.41, 5.74) is 9.16. The predicted molar refractivity (Wildman–Crippen MR) is 65.7 cm³/mol. The van der Waals surface area contributed by atoms with Crippen LogP contribution in [-0.2, 0) is 0 Å². The summed E-state index contributed by atoms with van der Waals surface area (Å²) in [6, 6.07) is 6.35. The minimum absolute atomic E-state index is 0.769. The average Bonchev–Trinajstić information content (AvgIpc) is 2.23. The molecular weight excluding hydrogens is 182 g/mol. The Balaban J connectivity index is 2.53. The summed E-state index contributed by atoms with van der Waals surface area (Å²) in [6.07, 6.45) is 3.13. The van der Waals surface area contributed by atoms with Gasteiger partial charge in [-0.2, -0.15) is 0 Å². The SMILES string of the molecule is Cc1ccc(C#CCCCCN)cc1C. The second kappa shape index (κ2) is 6.27. The summed E-state index contributed by atoms with van der Waals surface area (Å²) < 4.78 is 0. The van der Waals surface area contributed by atoms with E-state index in [1.54, 1.807) is 0 Å². The summed E-state index contributed by atoms with van der Waals surface area (Å²) in [5.74, 6) is 6.36. The Hall–Kier alpha value is -1.26. The van der Waals surface area contributed by atoms with Gasteiger partial charge in [-0.05, 0) is 56.5 Å². The van der Waals surface area contributed by atoms with Crippen molar-refractivity contribution in [2.75, 3.05) is 6.54 Å². The number of hydrogen-bond acceptors (Lipinski definition) is 1. The molecule has 0 spiro atoms. The topological polar surface area (TPSA) is 26.0 Å². The molecule has 0 saturated carbocycles. The van der Waals surface area contributed by atoms with Crippen molar-refractivity contribution in [2.45, 2.75) is 33.1 Å². The minimum Gasteiger partial charge on any atom is -0.330 e. The van der Waals surface area contributed by atoms with Gasteiger partial charge in [-0.3, -0.25) is 0 Å². The van der Waals surface area contributed by atoms with E-state index in [1.807, 2.05) is 0 Å². The summed E-state index contributed by atoms with van der Waals surface area (Å²) in [5, 5.41) is 0. The van der Waals surface area contributed by atoms with Gasteiger partial charge in [0.2, 0.25) is 0 Å². The Morgan fingerprint density at radius 1 is 1.13 bits per heavy atom. The van der Waals surface area contributed by atoms with Crippen LogP contribution in [-0.4, -0.2) is 6.54 Å². The fourth-order valence-electron chi connectivity index (χ4n) is 1.34. The van der Waals surface area contributed by atoms with E-state index in [1.165, 1.54) is 11.1 Å². The molecule has 0 unspecified atom stereocenters. The van der Waals surface area contributed by atoms with Gasteiger partial charge in [0.15, 0.2) is 0 Å². The summed E-state index contributed by atoms with van der Waals surface area (Å²) in [4.78, 5) is 0. The number of nitrogens with two attached hydrogens (primary N) is 1. The molecule has 1 heteroatoms. The van der Waals surface area contributed by atoms with Gasteiger partial charge in [-0.1, -0.05) is 17.9 Å². The maximum atomic E-state index is 5.41. The molecule has 0 bridgehead atoms. The number of benzene rings is 1. The van der Waals surface area contributed by atoms with E-state index < -0.39 is 0 Å². The molecule has 0 aliphatic heterocycles. The van der Waals surface area contributed by atoms with Crippen LogP contribution in [0.1, 0.15) is 36.0 Å². The highest BCUT2D eigenvalue weighted by Gasteiger charge is 1.92. The Kier molecular flexibility index (Phi) is 4.93. The molecule has 0 aliphatic rings. The summed E-state index contributed by atoms with van der Waals surface area (Å²) in [7, 11) is 0. The molecule has 0 aliphatic carbocycles. The molecule has 0 saturated heterocycles. The van der Waals surface area contributed by atoms with Crippen molar-refractivity contribution in [3.05, 3.63) is 34.9 Å². The smallest absolute Gasteiger partial charge is 0.0248 e. The van der Waals surface area contributed by atoms with E-state index in [0.29, 0.717) is 0 Å². The molecule has 0 atom stereocenters. The van der Waals surface area contributed by atoms with Gasteiger partial charge in [0.1, 0.15) is 0 Å². The number of aryl methyl sites for hydroxylation is 2. The summed E-state index contributed by atoms with van der Waals surface area (Å²) >= 11 is 0. The first-order valence-corrected chi connectivity index (χ1v) is 5.50. The third kappa shape index (κ3) is 4.18. The molecule has 0 amide bonds. The van der Waals surface area contributed by atoms with Crippen LogP contribution < -0.4 is 5.73 Å². The zero-order valence-electron chi connectivity index (χ0n) is 9.64. The fourth-order valence-corrected chi connectivity index (χ4v) is 1.34. The van der Waals surface area contributed by atoms with Crippen LogP contribution in [0.25, 0.3) is 0 Å². The highest BCUT2D eigenvalue weighted by molar-refractivity contribution is 5.39. The lowest BCUT2D eigenvalue weighted by Crippen LogP contribution is -1.96. The largest absolute Gasteiger partial charge is 0.330 e. The van der Waals surface area contributed by atoms with Crippen LogP contribution in [0, 0.1) is 25.7 Å². The normalized spacial score (nSPS) is 9.53. The lowest BCUT2D eigenvalue weighted by atomic mass is 10.1. The average molecular weight is 201 g/mol. The number of hydrogen-bond donors (Lipinski definition) is 1. The number of unbranched alkanes of at least 4 members (excludes halogenated alkanes) is 2. The first kappa shape index (κ1) is 11.8. The van der Waals surface area contributed by atoms with Crippen molar-refractivity contribution in [2.24, 2.45) is 5.73 Å². The Morgan fingerprint density at radius 2 is 1.93 bits per heavy atom. The quantitative estimate of drug-likeness (QED) is 0.590. The molecule has 1 nitrogen and oxygen atoms in total. The zero-order valence-corrected chi connectivity index (χ0v) is 9.64. The van der Waals surface area contributed by atoms with Gasteiger partial charge in [0, 0.05) is 12.0 Å². The van der Waals surface area contributed by atoms with Crippen molar-refractivity contribution in [1.29, 1.82) is 0 Å². The third-order valence-corrected chi connectivity index (χ3v) is 2.50. The Morgan fingerprint density at radius 3 is 2.60 bits per heavy atom. The molecule has 0 fully saturated rings. The minimum atomic E-state index is 0.769. The van der Waals surface area contributed by atoms with Crippen molar-refractivity contribution in [1.82, 2.24) is 0 Å². The van der Waals surface area contributed by atoms with Crippen molar-refractivity contribution >= 4 is 0 Å². The summed E-state index contributed by atoms with van der Waals surface area (Å²) in [6.45, 7) is 5.01. The van der Waals surface area contributed by atoms with E-state index in [0.717, 1.165) is 31.4 Å². The predicted octanol–water partition coefficient (Wildman–Crippen LogP) is 2.78. The second-order valence-electron chi connectivity index (χ2n) is 3.85. The van der Waals surface area contributed by atoms with E-state index in [-0.39, 0.29) is 0 Å². The van der Waals surface area contributed by atoms with Gasteiger partial charge in [0.05, 0.1) is 0 Å². The van der Waals surface area contributed by atoms with Crippen molar-refractivity contribution in [3.8, 4) is 11.8 Å². The van der Waals surface area contributed by atoms with Crippen LogP contribution in [0.5, 0.6) is 0 Å². The molecule has 0 aromatic heterocycles. The van der Waals surface area contributed by atoms with E-state index in [2.05, 4.69) is 43.9 Å². The van der Waals surface area contributed by atoms with Crippen molar-refractivity contribution in [3.63, 3.8) is 0 Å². The molecule has 1 rings (SSSR count). The van der Waals surface area contributed by atoms with E-state index in [4.69, 9.17) is 5.73 Å². The highest BCUT2D eigenvalue weighted by atomic mass is 14.5. The van der Waals surface area contributed by atoms with Crippen molar-refractivity contribution < 1.29 is 0 Å². The van der Waals surface area contributed by atoms with Crippen LogP contribution in [0.15, 0.2) is 18.2 Å². The third-order valence-electron chi connectivity index (χ3n) is 2.50. The van der Waals surface area contributed by atoms with E-state index in [9.17, 15) is 0 Å². The molecular formula is C14H19N. The molecule has 80 valence electrons. The molecule has 1 aromatic rings. The van der Waals surface area contributed by atoms with Crippen LogP contribution >= 0.6 is 0 Å². The van der Waals surface area contributed by atoms with Gasteiger partial charge in [0.25, 0.3) is 0 Å². The zero-order chi connectivity index (χ0) is 11.1. The highest BCUT2D eigenvalue weighted by Crippen LogP contribution is 2.08. The Bertz CT molecular complexity index is 369. The monoisotopic (exact) mass is 201 g/mol. The molecule has 2 N–H and O–H groups in total. The molecule has 0 radical (unpaired) electrons. The first-order chi connectivity index (χ1) is 7.24. The maximum Gasteiger partial charge on any atom is 0.0248 e.